The van der Waals surface area contributed by atoms with Gasteiger partial charge in [0.1, 0.15) is 5.82 Å². The summed E-state index contributed by atoms with van der Waals surface area (Å²) in [4.78, 5) is 40.3. The number of carbonyl (C=O) groups is 3. The molecule has 1 atom stereocenters. The highest BCUT2D eigenvalue weighted by Crippen LogP contribution is 2.38. The van der Waals surface area contributed by atoms with Crippen molar-refractivity contribution in [3.63, 3.8) is 0 Å². The number of nitrogens with zero attached hydrogens (tertiary/aromatic N) is 1. The second kappa shape index (κ2) is 6.98. The summed E-state index contributed by atoms with van der Waals surface area (Å²) in [7, 11) is 0. The second-order valence-corrected chi connectivity index (χ2v) is 6.65. The lowest BCUT2D eigenvalue weighted by Gasteiger charge is -2.09. The van der Waals surface area contributed by atoms with Crippen molar-refractivity contribution in [3.8, 4) is 0 Å². The zero-order valence-corrected chi connectivity index (χ0v) is 13.9. The summed E-state index contributed by atoms with van der Waals surface area (Å²) in [6.07, 6.45) is 1.28. The van der Waals surface area contributed by atoms with Crippen LogP contribution < -0.4 is 16.4 Å². The number of halogens is 1. The Morgan fingerprint density at radius 1 is 1.28 bits per heavy atom. The molecule has 0 radical (unpaired) electrons. The fourth-order valence-electron chi connectivity index (χ4n) is 2.60. The van der Waals surface area contributed by atoms with Gasteiger partial charge in [-0.25, -0.2) is 9.37 Å². The first-order valence-corrected chi connectivity index (χ1v) is 8.38. The van der Waals surface area contributed by atoms with Crippen LogP contribution in [0.4, 0.5) is 9.52 Å². The first kappa shape index (κ1) is 17.0. The molecule has 7 nitrogen and oxygen atoms in total. The van der Waals surface area contributed by atoms with E-state index in [1.54, 1.807) is 0 Å². The molecule has 1 heterocycles. The Labute approximate surface area is 146 Å². The van der Waals surface area contributed by atoms with Crippen molar-refractivity contribution in [2.75, 3.05) is 11.9 Å². The van der Waals surface area contributed by atoms with Gasteiger partial charge in [0.05, 0.1) is 18.2 Å². The third kappa shape index (κ3) is 3.82. The van der Waals surface area contributed by atoms with Crippen LogP contribution in [0.25, 0.3) is 0 Å². The molecule has 0 bridgehead atoms. The Morgan fingerprint density at radius 3 is 2.68 bits per heavy atom. The maximum atomic E-state index is 12.9. The first-order chi connectivity index (χ1) is 11.9. The van der Waals surface area contributed by atoms with Crippen molar-refractivity contribution in [1.82, 2.24) is 10.3 Å². The van der Waals surface area contributed by atoms with Crippen LogP contribution >= 0.6 is 11.3 Å². The summed E-state index contributed by atoms with van der Waals surface area (Å²) in [5.74, 6) is -2.20. The maximum absolute atomic E-state index is 12.9. The number of anilines is 1. The Kier molecular flexibility index (Phi) is 4.75. The maximum Gasteiger partial charge on any atom is 0.257 e. The van der Waals surface area contributed by atoms with Crippen molar-refractivity contribution < 1.29 is 18.8 Å². The predicted molar refractivity (Wildman–Crippen MR) is 89.7 cm³/mol. The molecule has 1 aliphatic carbocycles. The Morgan fingerprint density at radius 2 is 2.00 bits per heavy atom. The number of nitrogens with one attached hydrogen (secondary N) is 2. The van der Waals surface area contributed by atoms with E-state index in [0.29, 0.717) is 29.2 Å². The molecule has 4 N–H and O–H groups in total. The van der Waals surface area contributed by atoms with Crippen LogP contribution in [0.1, 0.15) is 33.3 Å². The van der Waals surface area contributed by atoms with E-state index in [4.69, 9.17) is 5.73 Å². The van der Waals surface area contributed by atoms with Gasteiger partial charge in [0.2, 0.25) is 11.8 Å². The molecule has 3 amide bonds. The van der Waals surface area contributed by atoms with Gasteiger partial charge in [-0.15, -0.1) is 11.3 Å². The van der Waals surface area contributed by atoms with Gasteiger partial charge in [0.25, 0.3) is 5.91 Å². The molecule has 0 spiro atoms. The number of benzene rings is 1. The van der Waals surface area contributed by atoms with E-state index < -0.39 is 23.5 Å². The van der Waals surface area contributed by atoms with E-state index in [-0.39, 0.29) is 12.5 Å². The highest BCUT2D eigenvalue weighted by molar-refractivity contribution is 7.16. The Hall–Kier alpha value is -2.81. The van der Waals surface area contributed by atoms with Crippen LogP contribution in [0, 0.1) is 5.82 Å². The number of aryl methyl sites for hydroxylation is 1. The fraction of sp³-hybridized carbons (Fsp3) is 0.250. The van der Waals surface area contributed by atoms with Gasteiger partial charge in [-0.2, -0.15) is 0 Å². The minimum absolute atomic E-state index is 0.219. The Bertz CT molecular complexity index is 834. The van der Waals surface area contributed by atoms with Crippen molar-refractivity contribution >= 4 is 34.2 Å². The first-order valence-electron chi connectivity index (χ1n) is 7.56. The molecule has 3 rings (SSSR count). The quantitative estimate of drug-likeness (QED) is 0.740. The van der Waals surface area contributed by atoms with Crippen LogP contribution in [-0.4, -0.2) is 29.3 Å². The van der Waals surface area contributed by atoms with Crippen LogP contribution in [0.3, 0.4) is 0 Å². The highest BCUT2D eigenvalue weighted by Gasteiger charge is 2.32. The third-order valence-corrected chi connectivity index (χ3v) is 4.84. The van der Waals surface area contributed by atoms with Crippen molar-refractivity contribution in [1.29, 1.82) is 0 Å². The molecular weight excluding hydrogens is 347 g/mol. The number of amides is 3. The van der Waals surface area contributed by atoms with Gasteiger partial charge in [0, 0.05) is 10.4 Å². The van der Waals surface area contributed by atoms with Crippen LogP contribution in [0.5, 0.6) is 0 Å². The monoisotopic (exact) mass is 362 g/mol. The second-order valence-electron chi connectivity index (χ2n) is 5.56. The molecule has 0 saturated heterocycles. The van der Waals surface area contributed by atoms with Crippen LogP contribution in [0.15, 0.2) is 24.3 Å². The zero-order valence-electron chi connectivity index (χ0n) is 13.0. The number of primary amides is 1. The molecule has 0 saturated carbocycles. The summed E-state index contributed by atoms with van der Waals surface area (Å²) in [5.41, 5.74) is 5.94. The van der Waals surface area contributed by atoms with Crippen molar-refractivity contribution in [2.45, 2.75) is 18.8 Å². The number of nitrogens with two attached hydrogens (primary N) is 1. The average Bonchev–Trinajstić information content (AvgIpc) is 3.13. The highest BCUT2D eigenvalue weighted by atomic mass is 32.1. The lowest BCUT2D eigenvalue weighted by Crippen LogP contribution is -2.36. The number of rotatable bonds is 5. The molecule has 2 aromatic rings. The van der Waals surface area contributed by atoms with Gasteiger partial charge in [-0.3, -0.25) is 19.7 Å². The van der Waals surface area contributed by atoms with E-state index in [0.717, 1.165) is 4.88 Å². The SMILES string of the molecule is NC(=O)CNC(=O)C1CCc2sc(NC(=O)c3ccc(F)cc3)nc21. The summed E-state index contributed by atoms with van der Waals surface area (Å²) >= 11 is 1.30. The molecule has 25 heavy (non-hydrogen) atoms. The van der Waals surface area contributed by atoms with Gasteiger partial charge in [0.15, 0.2) is 5.13 Å². The van der Waals surface area contributed by atoms with Crippen LogP contribution in [0.2, 0.25) is 0 Å². The van der Waals surface area contributed by atoms with Crippen molar-refractivity contribution in [3.05, 3.63) is 46.2 Å². The van der Waals surface area contributed by atoms with Gasteiger partial charge < -0.3 is 11.1 Å². The Balaban J connectivity index is 1.69. The molecule has 1 unspecified atom stereocenters. The number of aromatic nitrogens is 1. The van der Waals surface area contributed by atoms with Gasteiger partial charge >= 0.3 is 0 Å². The number of carbonyl (C=O) groups excluding carboxylic acids is 3. The van der Waals surface area contributed by atoms with E-state index in [9.17, 15) is 18.8 Å². The van der Waals surface area contributed by atoms with E-state index in [1.165, 1.54) is 35.6 Å². The molecule has 1 aromatic carbocycles. The third-order valence-electron chi connectivity index (χ3n) is 3.80. The van der Waals surface area contributed by atoms with E-state index in [2.05, 4.69) is 15.6 Å². The standard InChI is InChI=1S/C16H15FN4O3S/c17-9-3-1-8(2-4-9)14(23)21-16-20-13-10(5-6-11(13)25-16)15(24)19-7-12(18)22/h1-4,10H,5-7H2,(H2,18,22)(H,19,24)(H,20,21,23). The fourth-order valence-corrected chi connectivity index (χ4v) is 3.64. The molecule has 130 valence electrons. The lowest BCUT2D eigenvalue weighted by atomic mass is 10.1. The molecule has 0 fully saturated rings. The van der Waals surface area contributed by atoms with Crippen molar-refractivity contribution in [2.24, 2.45) is 5.73 Å². The molecular formula is C16H15FN4O3S. The minimum Gasteiger partial charge on any atom is -0.368 e. The van der Waals surface area contributed by atoms with Crippen LogP contribution in [-0.2, 0) is 16.0 Å². The largest absolute Gasteiger partial charge is 0.368 e. The number of thiazole rings is 1. The molecule has 1 aliphatic rings. The average molecular weight is 362 g/mol. The minimum atomic E-state index is -0.614. The topological polar surface area (TPSA) is 114 Å². The van der Waals surface area contributed by atoms with Gasteiger partial charge in [-0.05, 0) is 37.1 Å². The normalized spacial score (nSPS) is 15.5. The molecule has 1 aromatic heterocycles. The molecule has 9 heteroatoms. The number of hydrogen-bond acceptors (Lipinski definition) is 5. The summed E-state index contributed by atoms with van der Waals surface area (Å²) in [6.45, 7) is -0.219. The predicted octanol–water partition coefficient (Wildman–Crippen LogP) is 1.17. The number of hydrogen-bond donors (Lipinski definition) is 3. The lowest BCUT2D eigenvalue weighted by molar-refractivity contribution is -0.125. The van der Waals surface area contributed by atoms with E-state index >= 15 is 0 Å². The smallest absolute Gasteiger partial charge is 0.257 e. The van der Waals surface area contributed by atoms with E-state index in [1.807, 2.05) is 0 Å². The summed E-state index contributed by atoms with van der Waals surface area (Å²) in [6, 6.07) is 5.17. The summed E-state index contributed by atoms with van der Waals surface area (Å²) in [5, 5.41) is 5.51. The molecule has 0 aliphatic heterocycles. The number of fused-ring (bicyclic) bond motifs is 1. The summed E-state index contributed by atoms with van der Waals surface area (Å²) < 4.78 is 12.9. The zero-order chi connectivity index (χ0) is 18.0. The van der Waals surface area contributed by atoms with Gasteiger partial charge in [-0.1, -0.05) is 0 Å².